The smallest absolute Gasteiger partial charge is 0.242 e. The van der Waals surface area contributed by atoms with Gasteiger partial charge < -0.3 is 15.0 Å². The molecule has 2 aromatic carbocycles. The summed E-state index contributed by atoms with van der Waals surface area (Å²) in [6, 6.07) is 16.8. The first-order valence-corrected chi connectivity index (χ1v) is 10.7. The zero-order chi connectivity index (χ0) is 21.2. The van der Waals surface area contributed by atoms with Crippen LogP contribution < -0.4 is 10.1 Å². The Kier molecular flexibility index (Phi) is 9.19. The molecule has 0 fully saturated rings. The Morgan fingerprint density at radius 3 is 2.31 bits per heavy atom. The topological polar surface area (TPSA) is 58.6 Å². The molecule has 5 nitrogen and oxygen atoms in total. The monoisotopic (exact) mass is 460 g/mol. The lowest BCUT2D eigenvalue weighted by molar-refractivity contribution is -0.141. The highest BCUT2D eigenvalue weighted by Gasteiger charge is 2.26. The second-order valence-corrected chi connectivity index (χ2v) is 8.17. The molecule has 0 aliphatic carbocycles. The summed E-state index contributed by atoms with van der Waals surface area (Å²) in [5, 5.41) is 2.90. The maximum Gasteiger partial charge on any atom is 0.242 e. The zero-order valence-corrected chi connectivity index (χ0v) is 18.8. The van der Waals surface area contributed by atoms with E-state index in [4.69, 9.17) is 4.74 Å². The van der Waals surface area contributed by atoms with E-state index in [0.717, 1.165) is 15.8 Å². The van der Waals surface area contributed by atoms with E-state index in [-0.39, 0.29) is 17.9 Å². The number of nitrogens with one attached hydrogen (secondary N) is 1. The number of hydrogen-bond acceptors (Lipinski definition) is 3. The molecule has 0 radical (unpaired) electrons. The molecular weight excluding hydrogens is 432 g/mol. The number of para-hydroxylation sites is 1. The summed E-state index contributed by atoms with van der Waals surface area (Å²) in [5.74, 6) is 0.582. The third kappa shape index (κ3) is 7.89. The molecule has 2 amide bonds. The molecule has 0 saturated heterocycles. The van der Waals surface area contributed by atoms with Gasteiger partial charge in [0.15, 0.2) is 0 Å². The Labute approximate surface area is 181 Å². The Morgan fingerprint density at radius 1 is 1.03 bits per heavy atom. The lowest BCUT2D eigenvalue weighted by atomic mass is 10.1. The van der Waals surface area contributed by atoms with Crippen LogP contribution in [0.15, 0.2) is 59.1 Å². The lowest BCUT2D eigenvalue weighted by Crippen LogP contribution is -2.49. The largest absolute Gasteiger partial charge is 0.494 e. The summed E-state index contributed by atoms with van der Waals surface area (Å²) in [6.07, 6.45) is 0.908. The fraction of sp³-hybridized carbons (Fsp3) is 0.391. The molecule has 2 aromatic rings. The van der Waals surface area contributed by atoms with Gasteiger partial charge in [-0.15, -0.1) is 0 Å². The van der Waals surface area contributed by atoms with Crippen LogP contribution in [-0.4, -0.2) is 35.4 Å². The Balaban J connectivity index is 1.99. The number of hydrogen-bond donors (Lipinski definition) is 1. The van der Waals surface area contributed by atoms with Crippen molar-refractivity contribution >= 4 is 27.7 Å². The van der Waals surface area contributed by atoms with Gasteiger partial charge in [0.1, 0.15) is 11.8 Å². The van der Waals surface area contributed by atoms with E-state index >= 15 is 0 Å². The maximum atomic E-state index is 12.9. The van der Waals surface area contributed by atoms with Crippen LogP contribution in [0.5, 0.6) is 5.75 Å². The molecule has 0 aliphatic heterocycles. The molecule has 0 saturated carbocycles. The molecule has 29 heavy (non-hydrogen) atoms. The van der Waals surface area contributed by atoms with Crippen LogP contribution in [0.1, 0.15) is 39.2 Å². The van der Waals surface area contributed by atoms with Gasteiger partial charge in [0.05, 0.1) is 6.61 Å². The van der Waals surface area contributed by atoms with Gasteiger partial charge in [-0.3, -0.25) is 9.59 Å². The summed E-state index contributed by atoms with van der Waals surface area (Å²) in [7, 11) is 0. The number of carbonyl (C=O) groups excluding carboxylic acids is 2. The summed E-state index contributed by atoms with van der Waals surface area (Å²) < 4.78 is 6.65. The number of amides is 2. The Hall–Kier alpha value is -2.34. The van der Waals surface area contributed by atoms with Crippen molar-refractivity contribution in [2.75, 3.05) is 6.61 Å². The van der Waals surface area contributed by atoms with Crippen molar-refractivity contribution in [2.24, 2.45) is 0 Å². The van der Waals surface area contributed by atoms with Crippen LogP contribution >= 0.6 is 15.9 Å². The lowest BCUT2D eigenvalue weighted by Gasteiger charge is -2.29. The summed E-state index contributed by atoms with van der Waals surface area (Å²) in [4.78, 5) is 27.1. The molecule has 1 N–H and O–H groups in total. The number of rotatable bonds is 10. The molecular formula is C23H29BrN2O3. The van der Waals surface area contributed by atoms with Gasteiger partial charge in [0.2, 0.25) is 11.8 Å². The molecule has 0 unspecified atom stereocenters. The first-order valence-electron chi connectivity index (χ1n) is 9.89. The average molecular weight is 461 g/mol. The first-order chi connectivity index (χ1) is 13.9. The highest BCUT2D eigenvalue weighted by atomic mass is 79.9. The van der Waals surface area contributed by atoms with Crippen LogP contribution in [0.3, 0.4) is 0 Å². The van der Waals surface area contributed by atoms with E-state index in [1.807, 2.05) is 68.4 Å². The van der Waals surface area contributed by atoms with E-state index in [2.05, 4.69) is 21.2 Å². The fourth-order valence-electron chi connectivity index (χ4n) is 2.85. The number of ether oxygens (including phenoxy) is 1. The third-order valence-electron chi connectivity index (χ3n) is 4.41. The fourth-order valence-corrected chi connectivity index (χ4v) is 3.11. The van der Waals surface area contributed by atoms with Gasteiger partial charge in [-0.25, -0.2) is 0 Å². The van der Waals surface area contributed by atoms with E-state index < -0.39 is 6.04 Å². The predicted molar refractivity (Wildman–Crippen MR) is 119 cm³/mol. The van der Waals surface area contributed by atoms with E-state index in [1.165, 1.54) is 0 Å². The van der Waals surface area contributed by atoms with Gasteiger partial charge >= 0.3 is 0 Å². The van der Waals surface area contributed by atoms with E-state index in [0.29, 0.717) is 26.0 Å². The second-order valence-electron chi connectivity index (χ2n) is 7.25. The van der Waals surface area contributed by atoms with Gasteiger partial charge in [0, 0.05) is 23.5 Å². The standard InChI is InChI=1S/C23H29BrN2O3/c1-17(2)25-23(28)18(3)26(16-19-11-13-20(24)14-12-19)22(27)10-7-15-29-21-8-5-4-6-9-21/h4-6,8-9,11-14,17-18H,7,10,15-16H2,1-3H3,(H,25,28)/t18-/m0/s1. The Bertz CT molecular complexity index is 778. The minimum atomic E-state index is -0.552. The highest BCUT2D eigenvalue weighted by molar-refractivity contribution is 9.10. The van der Waals surface area contributed by atoms with Crippen molar-refractivity contribution in [2.45, 2.75) is 52.2 Å². The van der Waals surface area contributed by atoms with Crippen LogP contribution in [0.2, 0.25) is 0 Å². The molecule has 0 aliphatic rings. The predicted octanol–water partition coefficient (Wildman–Crippen LogP) is 4.55. The molecule has 156 valence electrons. The van der Waals surface area contributed by atoms with Gasteiger partial charge in [-0.05, 0) is 57.0 Å². The molecule has 0 heterocycles. The van der Waals surface area contributed by atoms with Crippen molar-refractivity contribution in [1.29, 1.82) is 0 Å². The van der Waals surface area contributed by atoms with E-state index in [1.54, 1.807) is 11.8 Å². The molecule has 2 rings (SSSR count). The normalized spacial score (nSPS) is 11.8. The van der Waals surface area contributed by atoms with Gasteiger partial charge in [0.25, 0.3) is 0 Å². The third-order valence-corrected chi connectivity index (χ3v) is 4.94. The van der Waals surface area contributed by atoms with E-state index in [9.17, 15) is 9.59 Å². The van der Waals surface area contributed by atoms with Gasteiger partial charge in [-0.2, -0.15) is 0 Å². The molecule has 6 heteroatoms. The average Bonchev–Trinajstić information content (AvgIpc) is 2.70. The number of carbonyl (C=O) groups is 2. The van der Waals surface area contributed by atoms with Crippen molar-refractivity contribution in [1.82, 2.24) is 10.2 Å². The SMILES string of the molecule is CC(C)NC(=O)[C@H](C)N(Cc1ccc(Br)cc1)C(=O)CCCOc1ccccc1. The zero-order valence-electron chi connectivity index (χ0n) is 17.2. The van der Waals surface area contributed by atoms with Crippen LogP contribution in [-0.2, 0) is 16.1 Å². The number of nitrogens with zero attached hydrogens (tertiary/aromatic N) is 1. The highest BCUT2D eigenvalue weighted by Crippen LogP contribution is 2.16. The number of halogens is 1. The summed E-state index contributed by atoms with van der Waals surface area (Å²) in [5.41, 5.74) is 0.978. The van der Waals surface area contributed by atoms with Crippen molar-refractivity contribution in [3.63, 3.8) is 0 Å². The second kappa shape index (κ2) is 11.6. The van der Waals surface area contributed by atoms with Crippen molar-refractivity contribution in [3.05, 3.63) is 64.6 Å². The summed E-state index contributed by atoms with van der Waals surface area (Å²) in [6.45, 7) is 6.43. The van der Waals surface area contributed by atoms with Crippen molar-refractivity contribution in [3.8, 4) is 5.75 Å². The van der Waals surface area contributed by atoms with Crippen LogP contribution in [0.4, 0.5) is 0 Å². The first kappa shape index (κ1) is 22.9. The minimum absolute atomic E-state index is 0.0221. The van der Waals surface area contributed by atoms with Crippen LogP contribution in [0, 0.1) is 0 Å². The van der Waals surface area contributed by atoms with Crippen molar-refractivity contribution < 1.29 is 14.3 Å². The molecule has 1 atom stereocenters. The van der Waals surface area contributed by atoms with Crippen LogP contribution in [0.25, 0.3) is 0 Å². The molecule has 0 spiro atoms. The van der Waals surface area contributed by atoms with Gasteiger partial charge in [-0.1, -0.05) is 46.3 Å². The Morgan fingerprint density at radius 2 is 1.69 bits per heavy atom. The maximum absolute atomic E-state index is 12.9. The molecule has 0 bridgehead atoms. The quantitative estimate of drug-likeness (QED) is 0.529. The minimum Gasteiger partial charge on any atom is -0.494 e. The summed E-state index contributed by atoms with van der Waals surface area (Å²) >= 11 is 3.42. The number of benzene rings is 2. The molecule has 0 aromatic heterocycles.